The Balaban J connectivity index is 1.67. The zero-order valence-corrected chi connectivity index (χ0v) is 12.1. The van der Waals surface area contributed by atoms with E-state index in [-0.39, 0.29) is 0 Å². The van der Waals surface area contributed by atoms with Crippen LogP contribution in [0.2, 0.25) is 0 Å². The second-order valence-corrected chi connectivity index (χ2v) is 5.47. The van der Waals surface area contributed by atoms with Gasteiger partial charge in [-0.2, -0.15) is 0 Å². The van der Waals surface area contributed by atoms with E-state index in [2.05, 4.69) is 4.90 Å². The molecule has 1 atom stereocenters. The van der Waals surface area contributed by atoms with Crippen LogP contribution in [0.5, 0.6) is 5.75 Å². The van der Waals surface area contributed by atoms with Crippen molar-refractivity contribution in [1.29, 1.82) is 0 Å². The van der Waals surface area contributed by atoms with Gasteiger partial charge in [-0.3, -0.25) is 0 Å². The molecule has 112 valence electrons. The van der Waals surface area contributed by atoms with Crippen molar-refractivity contribution in [3.63, 3.8) is 0 Å². The molecule has 3 N–H and O–H groups in total. The molecule has 0 radical (unpaired) electrons. The average Bonchev–Trinajstić information content (AvgIpc) is 2.47. The topological polar surface area (TPSA) is 58.7 Å². The molecule has 4 heteroatoms. The number of nitrogens with zero attached hydrogens (tertiary/aromatic N) is 1. The van der Waals surface area contributed by atoms with Gasteiger partial charge in [-0.1, -0.05) is 6.42 Å². The fraction of sp³-hybridized carbons (Fsp3) is 0.625. The lowest BCUT2D eigenvalue weighted by molar-refractivity contribution is 0.112. The maximum atomic E-state index is 9.12. The van der Waals surface area contributed by atoms with E-state index in [0.717, 1.165) is 44.0 Å². The summed E-state index contributed by atoms with van der Waals surface area (Å²) in [5.74, 6) is 0.879. The van der Waals surface area contributed by atoms with Gasteiger partial charge in [-0.05, 0) is 56.5 Å². The molecular formula is C16H26N2O2. The molecule has 1 aliphatic rings. The van der Waals surface area contributed by atoms with E-state index in [1.165, 1.54) is 19.3 Å². The number of likely N-dealkylation sites (tertiary alicyclic amines) is 1. The quantitative estimate of drug-likeness (QED) is 0.593. The van der Waals surface area contributed by atoms with Crippen molar-refractivity contribution in [1.82, 2.24) is 4.90 Å². The van der Waals surface area contributed by atoms with Gasteiger partial charge in [0.2, 0.25) is 0 Å². The van der Waals surface area contributed by atoms with Gasteiger partial charge in [0, 0.05) is 24.9 Å². The van der Waals surface area contributed by atoms with Crippen LogP contribution in [-0.2, 0) is 0 Å². The van der Waals surface area contributed by atoms with E-state index in [4.69, 9.17) is 15.6 Å². The van der Waals surface area contributed by atoms with Gasteiger partial charge in [0.15, 0.2) is 0 Å². The van der Waals surface area contributed by atoms with Crippen LogP contribution in [-0.4, -0.2) is 42.4 Å². The SMILES string of the molecule is Nc1ccc(OCCCN2CCCCC2CCO)cc1. The van der Waals surface area contributed by atoms with Crippen LogP contribution in [0.1, 0.15) is 32.1 Å². The van der Waals surface area contributed by atoms with Gasteiger partial charge in [0.1, 0.15) is 5.75 Å². The van der Waals surface area contributed by atoms with Gasteiger partial charge >= 0.3 is 0 Å². The molecule has 0 amide bonds. The first kappa shape index (κ1) is 15.1. The number of hydrogen-bond donors (Lipinski definition) is 2. The summed E-state index contributed by atoms with van der Waals surface area (Å²) in [6, 6.07) is 8.09. The maximum absolute atomic E-state index is 9.12. The van der Waals surface area contributed by atoms with Crippen molar-refractivity contribution < 1.29 is 9.84 Å². The highest BCUT2D eigenvalue weighted by Gasteiger charge is 2.20. The van der Waals surface area contributed by atoms with Gasteiger partial charge in [-0.15, -0.1) is 0 Å². The van der Waals surface area contributed by atoms with Crippen molar-refractivity contribution in [2.45, 2.75) is 38.1 Å². The second-order valence-electron chi connectivity index (χ2n) is 5.47. The highest BCUT2D eigenvalue weighted by Crippen LogP contribution is 2.19. The van der Waals surface area contributed by atoms with E-state index >= 15 is 0 Å². The molecule has 1 unspecified atom stereocenters. The third-order valence-electron chi connectivity index (χ3n) is 3.95. The number of aliphatic hydroxyl groups excluding tert-OH is 1. The minimum absolute atomic E-state index is 0.295. The fourth-order valence-corrected chi connectivity index (χ4v) is 2.85. The first-order chi connectivity index (χ1) is 9.79. The van der Waals surface area contributed by atoms with Gasteiger partial charge in [0.25, 0.3) is 0 Å². The number of nitrogens with two attached hydrogens (primary N) is 1. The van der Waals surface area contributed by atoms with Crippen molar-refractivity contribution in [3.05, 3.63) is 24.3 Å². The molecule has 0 aromatic heterocycles. The zero-order valence-electron chi connectivity index (χ0n) is 12.1. The Labute approximate surface area is 121 Å². The van der Waals surface area contributed by atoms with Crippen LogP contribution in [0.15, 0.2) is 24.3 Å². The molecule has 0 aliphatic carbocycles. The highest BCUT2D eigenvalue weighted by atomic mass is 16.5. The normalized spacial score (nSPS) is 19.9. The lowest BCUT2D eigenvalue weighted by atomic mass is 9.99. The van der Waals surface area contributed by atoms with E-state index in [0.29, 0.717) is 12.6 Å². The molecule has 1 fully saturated rings. The fourth-order valence-electron chi connectivity index (χ4n) is 2.85. The summed E-state index contributed by atoms with van der Waals surface area (Å²) in [5, 5.41) is 9.12. The minimum Gasteiger partial charge on any atom is -0.494 e. The molecule has 1 aromatic rings. The van der Waals surface area contributed by atoms with Gasteiger partial charge in [0.05, 0.1) is 6.61 Å². The van der Waals surface area contributed by atoms with Crippen molar-refractivity contribution in [2.75, 3.05) is 32.0 Å². The molecule has 0 saturated carbocycles. The molecule has 0 spiro atoms. The van der Waals surface area contributed by atoms with Crippen LogP contribution in [0.3, 0.4) is 0 Å². The van der Waals surface area contributed by atoms with Crippen LogP contribution in [0.25, 0.3) is 0 Å². The average molecular weight is 278 g/mol. The first-order valence-corrected chi connectivity index (χ1v) is 7.63. The van der Waals surface area contributed by atoms with E-state index in [9.17, 15) is 0 Å². The maximum Gasteiger partial charge on any atom is 0.119 e. The Kier molecular flexibility index (Phi) is 6.15. The van der Waals surface area contributed by atoms with E-state index in [1.807, 2.05) is 24.3 Å². The number of benzene rings is 1. The summed E-state index contributed by atoms with van der Waals surface area (Å²) in [6.07, 6.45) is 5.72. The summed E-state index contributed by atoms with van der Waals surface area (Å²) in [7, 11) is 0. The Morgan fingerprint density at radius 1 is 1.25 bits per heavy atom. The summed E-state index contributed by atoms with van der Waals surface area (Å²) >= 11 is 0. The summed E-state index contributed by atoms with van der Waals surface area (Å²) < 4.78 is 5.72. The predicted molar refractivity (Wildman–Crippen MR) is 81.9 cm³/mol. The molecule has 1 aromatic carbocycles. The lowest BCUT2D eigenvalue weighted by Crippen LogP contribution is -2.40. The number of aliphatic hydroxyl groups is 1. The van der Waals surface area contributed by atoms with Gasteiger partial charge < -0.3 is 20.5 Å². The number of ether oxygens (including phenoxy) is 1. The van der Waals surface area contributed by atoms with Gasteiger partial charge in [-0.25, -0.2) is 0 Å². The van der Waals surface area contributed by atoms with Crippen LogP contribution >= 0.6 is 0 Å². The number of hydrogen-bond acceptors (Lipinski definition) is 4. The summed E-state index contributed by atoms with van der Waals surface area (Å²) in [4.78, 5) is 2.51. The second kappa shape index (κ2) is 8.12. The smallest absolute Gasteiger partial charge is 0.119 e. The Hall–Kier alpha value is -1.26. The Bertz CT molecular complexity index is 379. The third kappa shape index (κ3) is 4.69. The van der Waals surface area contributed by atoms with E-state index in [1.54, 1.807) is 0 Å². The summed E-state index contributed by atoms with van der Waals surface area (Å²) in [6.45, 7) is 3.24. The lowest BCUT2D eigenvalue weighted by Gasteiger charge is -2.35. The Morgan fingerprint density at radius 2 is 2.05 bits per heavy atom. The van der Waals surface area contributed by atoms with Crippen molar-refractivity contribution >= 4 is 5.69 Å². The highest BCUT2D eigenvalue weighted by molar-refractivity contribution is 5.41. The first-order valence-electron chi connectivity index (χ1n) is 7.63. The Morgan fingerprint density at radius 3 is 2.80 bits per heavy atom. The third-order valence-corrected chi connectivity index (χ3v) is 3.95. The van der Waals surface area contributed by atoms with Crippen LogP contribution < -0.4 is 10.5 Å². The molecule has 1 aliphatic heterocycles. The van der Waals surface area contributed by atoms with Crippen molar-refractivity contribution in [2.24, 2.45) is 0 Å². The van der Waals surface area contributed by atoms with E-state index < -0.39 is 0 Å². The van der Waals surface area contributed by atoms with Crippen LogP contribution in [0, 0.1) is 0 Å². The molecule has 1 heterocycles. The molecule has 20 heavy (non-hydrogen) atoms. The molecule has 4 nitrogen and oxygen atoms in total. The molecule has 2 rings (SSSR count). The monoisotopic (exact) mass is 278 g/mol. The molecule has 1 saturated heterocycles. The number of anilines is 1. The van der Waals surface area contributed by atoms with Crippen molar-refractivity contribution in [3.8, 4) is 5.75 Å². The summed E-state index contributed by atoms with van der Waals surface area (Å²) in [5.41, 5.74) is 6.40. The molecule has 0 bridgehead atoms. The number of rotatable bonds is 7. The standard InChI is InChI=1S/C16H26N2O2/c17-14-5-7-16(8-6-14)20-13-3-11-18-10-2-1-4-15(18)9-12-19/h5-8,15,19H,1-4,9-13,17H2. The number of piperidine rings is 1. The number of nitrogen functional groups attached to an aromatic ring is 1. The zero-order chi connectivity index (χ0) is 14.2. The largest absolute Gasteiger partial charge is 0.494 e. The predicted octanol–water partition coefficient (Wildman–Crippen LogP) is 2.27. The minimum atomic E-state index is 0.295. The molecular weight excluding hydrogens is 252 g/mol. The van der Waals surface area contributed by atoms with Crippen LogP contribution in [0.4, 0.5) is 5.69 Å².